The van der Waals surface area contributed by atoms with Gasteiger partial charge in [-0.3, -0.25) is 9.59 Å². The molecule has 1 aromatic rings. The molecule has 0 aliphatic heterocycles. The Bertz CT molecular complexity index is 375. The van der Waals surface area contributed by atoms with Gasteiger partial charge < -0.3 is 14.6 Å². The number of nitrogens with one attached hydrogen (secondary N) is 1. The minimum absolute atomic E-state index is 0.0635. The van der Waals surface area contributed by atoms with Crippen molar-refractivity contribution in [2.75, 3.05) is 20.7 Å². The maximum atomic E-state index is 11.7. The number of halogens is 1. The van der Waals surface area contributed by atoms with Crippen LogP contribution in [0.2, 0.25) is 0 Å². The molecule has 1 amide bonds. The normalized spacial score (nSPS) is 9.80. The highest BCUT2D eigenvalue weighted by Crippen LogP contribution is 2.11. The predicted molar refractivity (Wildman–Crippen MR) is 57.5 cm³/mol. The lowest BCUT2D eigenvalue weighted by Crippen LogP contribution is -2.32. The molecule has 0 unspecified atom stereocenters. The predicted octanol–water partition coefficient (Wildman–Crippen LogP) is 1.02. The molecule has 1 heterocycles. The summed E-state index contributed by atoms with van der Waals surface area (Å²) < 4.78 is 5.25. The lowest BCUT2D eigenvalue weighted by atomic mass is 10.4. The first kappa shape index (κ1) is 11.8. The number of rotatable bonds is 3. The average molecular weight is 275 g/mol. The van der Waals surface area contributed by atoms with Crippen molar-refractivity contribution >= 4 is 27.8 Å². The van der Waals surface area contributed by atoms with Crippen LogP contribution in [-0.2, 0) is 9.53 Å². The van der Waals surface area contributed by atoms with E-state index in [9.17, 15) is 9.59 Å². The molecule has 0 aliphatic carbocycles. The van der Waals surface area contributed by atoms with Crippen molar-refractivity contribution in [2.24, 2.45) is 0 Å². The van der Waals surface area contributed by atoms with E-state index in [-0.39, 0.29) is 12.5 Å². The number of nitrogens with zero attached hydrogens (tertiary/aromatic N) is 1. The number of methoxy groups -OCH3 is 1. The summed E-state index contributed by atoms with van der Waals surface area (Å²) >= 11 is 3.22. The molecule has 6 heteroatoms. The Kier molecular flexibility index (Phi) is 3.90. The molecule has 0 saturated carbocycles. The fourth-order valence-corrected chi connectivity index (χ4v) is 1.37. The summed E-state index contributed by atoms with van der Waals surface area (Å²) in [5, 5.41) is 0. The van der Waals surface area contributed by atoms with Crippen molar-refractivity contribution in [3.05, 3.63) is 22.4 Å². The Morgan fingerprint density at radius 2 is 2.27 bits per heavy atom. The van der Waals surface area contributed by atoms with Gasteiger partial charge in [-0.15, -0.1) is 0 Å². The number of carbonyl (C=O) groups excluding carboxylic acids is 2. The Balaban J connectivity index is 2.64. The molecule has 0 aromatic carbocycles. The zero-order valence-corrected chi connectivity index (χ0v) is 10.00. The van der Waals surface area contributed by atoms with Gasteiger partial charge >= 0.3 is 5.97 Å². The average Bonchev–Trinajstić information content (AvgIpc) is 2.63. The van der Waals surface area contributed by atoms with E-state index in [2.05, 4.69) is 25.7 Å². The quantitative estimate of drug-likeness (QED) is 0.838. The number of aromatic nitrogens is 1. The Labute approximate surface area is 95.5 Å². The molecule has 0 atom stereocenters. The third kappa shape index (κ3) is 3.09. The Hall–Kier alpha value is -1.30. The molecule has 1 aromatic heterocycles. The van der Waals surface area contributed by atoms with Gasteiger partial charge in [-0.25, -0.2) is 0 Å². The number of esters is 1. The third-order valence-corrected chi connectivity index (χ3v) is 2.28. The van der Waals surface area contributed by atoms with Gasteiger partial charge in [0.1, 0.15) is 12.2 Å². The molecule has 1 N–H and O–H groups in total. The molecule has 0 bridgehead atoms. The summed E-state index contributed by atoms with van der Waals surface area (Å²) in [5.41, 5.74) is 0.424. The highest BCUT2D eigenvalue weighted by Gasteiger charge is 2.16. The molecule has 5 nitrogen and oxygen atoms in total. The van der Waals surface area contributed by atoms with Gasteiger partial charge in [-0.1, -0.05) is 0 Å². The number of hydrogen-bond acceptors (Lipinski definition) is 3. The smallest absolute Gasteiger partial charge is 0.325 e. The van der Waals surface area contributed by atoms with E-state index < -0.39 is 5.97 Å². The molecular weight excluding hydrogens is 264 g/mol. The minimum atomic E-state index is -0.448. The molecule has 0 spiro atoms. The molecule has 82 valence electrons. The number of H-pyrrole nitrogens is 1. The van der Waals surface area contributed by atoms with Crippen molar-refractivity contribution in [3.8, 4) is 0 Å². The maximum Gasteiger partial charge on any atom is 0.325 e. The second kappa shape index (κ2) is 4.97. The van der Waals surface area contributed by atoms with Crippen molar-refractivity contribution < 1.29 is 14.3 Å². The maximum absolute atomic E-state index is 11.7. The van der Waals surface area contributed by atoms with Crippen LogP contribution in [0, 0.1) is 0 Å². The van der Waals surface area contributed by atoms with Crippen LogP contribution in [0.3, 0.4) is 0 Å². The Morgan fingerprint density at radius 3 is 2.73 bits per heavy atom. The number of aromatic amines is 1. The standard InChI is InChI=1S/C9H11BrN2O3/c1-12(5-8(13)15-2)9(14)7-3-6(10)4-11-7/h3-4,11H,5H2,1-2H3. The third-order valence-electron chi connectivity index (χ3n) is 1.82. The highest BCUT2D eigenvalue weighted by atomic mass is 79.9. The van der Waals surface area contributed by atoms with E-state index in [1.807, 2.05) is 0 Å². The SMILES string of the molecule is COC(=O)CN(C)C(=O)c1cc(Br)c[nH]1. The number of carbonyl (C=O) groups is 2. The number of amides is 1. The molecule has 15 heavy (non-hydrogen) atoms. The van der Waals surface area contributed by atoms with Gasteiger partial charge in [0, 0.05) is 17.7 Å². The van der Waals surface area contributed by atoms with Crippen molar-refractivity contribution in [1.29, 1.82) is 0 Å². The number of likely N-dealkylation sites (N-methyl/N-ethyl adjacent to an activating group) is 1. The molecule has 0 saturated heterocycles. The summed E-state index contributed by atoms with van der Waals surface area (Å²) in [5.74, 6) is -0.706. The molecule has 0 aliphatic rings. The molecule has 1 rings (SSSR count). The number of hydrogen-bond donors (Lipinski definition) is 1. The van der Waals surface area contributed by atoms with Crippen LogP contribution < -0.4 is 0 Å². The van der Waals surface area contributed by atoms with Crippen molar-refractivity contribution in [3.63, 3.8) is 0 Å². The van der Waals surface area contributed by atoms with Crippen LogP contribution >= 0.6 is 15.9 Å². The fraction of sp³-hybridized carbons (Fsp3) is 0.333. The van der Waals surface area contributed by atoms with Gasteiger partial charge in [0.05, 0.1) is 7.11 Å². The Morgan fingerprint density at radius 1 is 1.60 bits per heavy atom. The number of ether oxygens (including phenoxy) is 1. The summed E-state index contributed by atoms with van der Waals surface area (Å²) in [6.45, 7) is -0.0635. The first-order chi connectivity index (χ1) is 7.04. The van der Waals surface area contributed by atoms with E-state index in [0.717, 1.165) is 4.47 Å². The fourth-order valence-electron chi connectivity index (χ4n) is 1.03. The zero-order valence-electron chi connectivity index (χ0n) is 8.41. The second-order valence-corrected chi connectivity index (χ2v) is 3.88. The first-order valence-electron chi connectivity index (χ1n) is 4.20. The van der Waals surface area contributed by atoms with Crippen LogP contribution in [0.5, 0.6) is 0 Å². The van der Waals surface area contributed by atoms with Gasteiger partial charge in [-0.2, -0.15) is 0 Å². The van der Waals surface area contributed by atoms with E-state index in [0.29, 0.717) is 5.69 Å². The zero-order chi connectivity index (χ0) is 11.4. The molecule has 0 radical (unpaired) electrons. The van der Waals surface area contributed by atoms with E-state index >= 15 is 0 Å². The monoisotopic (exact) mass is 274 g/mol. The van der Waals surface area contributed by atoms with Crippen LogP contribution in [0.15, 0.2) is 16.7 Å². The van der Waals surface area contributed by atoms with Crippen molar-refractivity contribution in [2.45, 2.75) is 0 Å². The van der Waals surface area contributed by atoms with Crippen LogP contribution in [0.25, 0.3) is 0 Å². The van der Waals surface area contributed by atoms with Gasteiger partial charge in [0.15, 0.2) is 0 Å². The van der Waals surface area contributed by atoms with E-state index in [4.69, 9.17) is 0 Å². The lowest BCUT2D eigenvalue weighted by molar-refractivity contribution is -0.141. The largest absolute Gasteiger partial charge is 0.468 e. The minimum Gasteiger partial charge on any atom is -0.468 e. The molecular formula is C9H11BrN2O3. The van der Waals surface area contributed by atoms with Crippen LogP contribution in [0.4, 0.5) is 0 Å². The van der Waals surface area contributed by atoms with Crippen LogP contribution in [-0.4, -0.2) is 42.5 Å². The second-order valence-electron chi connectivity index (χ2n) is 2.97. The summed E-state index contributed by atoms with van der Waals surface area (Å²) in [6, 6.07) is 1.65. The van der Waals surface area contributed by atoms with Crippen molar-refractivity contribution in [1.82, 2.24) is 9.88 Å². The molecule has 0 fully saturated rings. The summed E-state index contributed by atoms with van der Waals surface area (Å²) in [7, 11) is 2.82. The highest BCUT2D eigenvalue weighted by molar-refractivity contribution is 9.10. The lowest BCUT2D eigenvalue weighted by Gasteiger charge is -2.14. The van der Waals surface area contributed by atoms with Gasteiger partial charge in [-0.05, 0) is 22.0 Å². The van der Waals surface area contributed by atoms with Gasteiger partial charge in [0.2, 0.25) is 0 Å². The van der Waals surface area contributed by atoms with E-state index in [1.165, 1.54) is 19.1 Å². The summed E-state index contributed by atoms with van der Waals surface area (Å²) in [4.78, 5) is 26.7. The first-order valence-corrected chi connectivity index (χ1v) is 5.00. The van der Waals surface area contributed by atoms with Crippen LogP contribution in [0.1, 0.15) is 10.5 Å². The van der Waals surface area contributed by atoms with E-state index in [1.54, 1.807) is 12.3 Å². The van der Waals surface area contributed by atoms with Gasteiger partial charge in [0.25, 0.3) is 5.91 Å². The topological polar surface area (TPSA) is 62.4 Å². The summed E-state index contributed by atoms with van der Waals surface area (Å²) in [6.07, 6.45) is 1.65.